The number of carbonyl (C=O) groups is 1. The van der Waals surface area contributed by atoms with Gasteiger partial charge in [-0.15, -0.1) is 0 Å². The first-order chi connectivity index (χ1) is 13.6. The first kappa shape index (κ1) is 18.2. The average molecular weight is 381 g/mol. The Morgan fingerprint density at radius 3 is 2.75 bits per heavy atom. The number of amides is 1. The van der Waals surface area contributed by atoms with Crippen LogP contribution in [-0.2, 0) is 24.8 Å². The number of ether oxygens (including phenoxy) is 3. The molecule has 3 aromatic rings. The summed E-state index contributed by atoms with van der Waals surface area (Å²) in [5, 5.41) is 2.99. The quantitative estimate of drug-likeness (QED) is 0.735. The monoisotopic (exact) mass is 381 g/mol. The van der Waals surface area contributed by atoms with Gasteiger partial charge in [-0.05, 0) is 30.2 Å². The van der Waals surface area contributed by atoms with Crippen LogP contribution in [0.15, 0.2) is 36.4 Å². The van der Waals surface area contributed by atoms with Gasteiger partial charge in [-0.1, -0.05) is 6.07 Å². The van der Waals surface area contributed by atoms with Crippen molar-refractivity contribution < 1.29 is 19.0 Å². The molecule has 1 unspecified atom stereocenters. The number of methoxy groups -OCH3 is 2. The lowest BCUT2D eigenvalue weighted by Crippen LogP contribution is -2.37. The SMILES string of the molecule is COc1ccc2c(c1)OCC(C(=O)NCc1nc3cc(OC)ccc3n1C)C2. The molecule has 0 spiro atoms. The number of carbonyl (C=O) groups excluding carboxylic acids is 1. The minimum atomic E-state index is -0.226. The molecule has 2 aromatic carbocycles. The summed E-state index contributed by atoms with van der Waals surface area (Å²) >= 11 is 0. The van der Waals surface area contributed by atoms with E-state index in [1.54, 1.807) is 14.2 Å². The second-order valence-electron chi connectivity index (χ2n) is 6.85. The molecule has 1 aromatic heterocycles. The van der Waals surface area contributed by atoms with E-state index in [1.165, 1.54) is 0 Å². The summed E-state index contributed by atoms with van der Waals surface area (Å²) in [7, 11) is 5.19. The maximum absolute atomic E-state index is 12.7. The third-order valence-corrected chi connectivity index (χ3v) is 5.15. The lowest BCUT2D eigenvalue weighted by molar-refractivity contribution is -0.126. The highest BCUT2D eigenvalue weighted by Crippen LogP contribution is 2.31. The van der Waals surface area contributed by atoms with Crippen LogP contribution in [0.5, 0.6) is 17.2 Å². The molecule has 1 N–H and O–H groups in total. The highest BCUT2D eigenvalue weighted by atomic mass is 16.5. The van der Waals surface area contributed by atoms with Gasteiger partial charge in [0.1, 0.15) is 29.7 Å². The molecule has 1 atom stereocenters. The Kier molecular flexibility index (Phi) is 4.81. The fourth-order valence-corrected chi connectivity index (χ4v) is 3.47. The van der Waals surface area contributed by atoms with E-state index >= 15 is 0 Å². The maximum Gasteiger partial charge on any atom is 0.227 e. The van der Waals surface area contributed by atoms with Crippen molar-refractivity contribution in [3.8, 4) is 17.2 Å². The van der Waals surface area contributed by atoms with Crippen molar-refractivity contribution in [2.75, 3.05) is 20.8 Å². The van der Waals surface area contributed by atoms with Crippen molar-refractivity contribution in [1.82, 2.24) is 14.9 Å². The van der Waals surface area contributed by atoms with Crippen molar-refractivity contribution >= 4 is 16.9 Å². The third kappa shape index (κ3) is 3.35. The van der Waals surface area contributed by atoms with Crippen molar-refractivity contribution in [3.05, 3.63) is 47.8 Å². The zero-order valence-electron chi connectivity index (χ0n) is 16.2. The summed E-state index contributed by atoms with van der Waals surface area (Å²) in [4.78, 5) is 17.3. The van der Waals surface area contributed by atoms with Crippen LogP contribution < -0.4 is 19.5 Å². The average Bonchev–Trinajstić information content (AvgIpc) is 3.05. The van der Waals surface area contributed by atoms with Gasteiger partial charge in [0.05, 0.1) is 37.7 Å². The van der Waals surface area contributed by atoms with Gasteiger partial charge in [0.15, 0.2) is 0 Å². The van der Waals surface area contributed by atoms with Crippen molar-refractivity contribution in [2.24, 2.45) is 13.0 Å². The Labute approximate surface area is 163 Å². The van der Waals surface area contributed by atoms with Crippen LogP contribution in [0.3, 0.4) is 0 Å². The van der Waals surface area contributed by atoms with Crippen LogP contribution in [-0.4, -0.2) is 36.3 Å². The Hall–Kier alpha value is -3.22. The third-order valence-electron chi connectivity index (χ3n) is 5.15. The number of aryl methyl sites for hydroxylation is 1. The van der Waals surface area contributed by atoms with Gasteiger partial charge < -0.3 is 24.1 Å². The summed E-state index contributed by atoms with van der Waals surface area (Å²) in [6, 6.07) is 11.4. The van der Waals surface area contributed by atoms with E-state index in [0.29, 0.717) is 19.6 Å². The van der Waals surface area contributed by atoms with Gasteiger partial charge in [-0.25, -0.2) is 4.98 Å². The predicted molar refractivity (Wildman–Crippen MR) is 105 cm³/mol. The first-order valence-corrected chi connectivity index (χ1v) is 9.16. The topological polar surface area (TPSA) is 74.6 Å². The summed E-state index contributed by atoms with van der Waals surface area (Å²) < 4.78 is 18.2. The van der Waals surface area contributed by atoms with E-state index in [9.17, 15) is 4.79 Å². The molecule has 7 heteroatoms. The van der Waals surface area contributed by atoms with Gasteiger partial charge in [-0.3, -0.25) is 4.79 Å². The Balaban J connectivity index is 1.43. The molecule has 0 fully saturated rings. The van der Waals surface area contributed by atoms with Crippen molar-refractivity contribution in [2.45, 2.75) is 13.0 Å². The molecule has 28 heavy (non-hydrogen) atoms. The van der Waals surface area contributed by atoms with E-state index in [1.807, 2.05) is 48.0 Å². The Morgan fingerprint density at radius 2 is 1.96 bits per heavy atom. The van der Waals surface area contributed by atoms with E-state index in [4.69, 9.17) is 14.2 Å². The molecule has 0 saturated carbocycles. The number of fused-ring (bicyclic) bond motifs is 2. The second-order valence-corrected chi connectivity index (χ2v) is 6.85. The molecule has 0 saturated heterocycles. The number of nitrogens with one attached hydrogen (secondary N) is 1. The molecule has 1 amide bonds. The minimum absolute atomic E-state index is 0.0360. The number of aromatic nitrogens is 2. The van der Waals surface area contributed by atoms with Crippen molar-refractivity contribution in [1.29, 1.82) is 0 Å². The zero-order chi connectivity index (χ0) is 19.7. The molecule has 0 aliphatic carbocycles. The standard InChI is InChI=1S/C21H23N3O4/c1-24-18-7-6-15(26-2)9-17(18)23-20(24)11-22-21(25)14-8-13-4-5-16(27-3)10-19(13)28-12-14/h4-7,9-10,14H,8,11-12H2,1-3H3,(H,22,25). The Morgan fingerprint density at radius 1 is 1.21 bits per heavy atom. The van der Waals surface area contributed by atoms with Crippen LogP contribution in [0, 0.1) is 5.92 Å². The smallest absolute Gasteiger partial charge is 0.227 e. The molecular weight excluding hydrogens is 358 g/mol. The van der Waals surface area contributed by atoms with Crippen LogP contribution >= 0.6 is 0 Å². The molecule has 2 heterocycles. The summed E-state index contributed by atoms with van der Waals surface area (Å²) in [5.41, 5.74) is 2.85. The number of hydrogen-bond acceptors (Lipinski definition) is 5. The van der Waals surface area contributed by atoms with E-state index < -0.39 is 0 Å². The van der Waals surface area contributed by atoms with Gasteiger partial charge in [0.25, 0.3) is 0 Å². The van der Waals surface area contributed by atoms with Crippen LogP contribution in [0.25, 0.3) is 11.0 Å². The summed E-state index contributed by atoms with van der Waals surface area (Å²) in [5.74, 6) is 2.82. The molecule has 1 aliphatic rings. The molecule has 7 nitrogen and oxygen atoms in total. The predicted octanol–water partition coefficient (Wildman–Crippen LogP) is 2.46. The normalized spacial score (nSPS) is 15.6. The number of rotatable bonds is 5. The summed E-state index contributed by atoms with van der Waals surface area (Å²) in [6.07, 6.45) is 0.644. The van der Waals surface area contributed by atoms with Gasteiger partial charge in [0, 0.05) is 19.2 Å². The highest BCUT2D eigenvalue weighted by molar-refractivity contribution is 5.80. The molecule has 4 rings (SSSR count). The van der Waals surface area contributed by atoms with E-state index in [2.05, 4.69) is 10.3 Å². The van der Waals surface area contributed by atoms with E-state index in [0.717, 1.165) is 39.7 Å². The minimum Gasteiger partial charge on any atom is -0.497 e. The van der Waals surface area contributed by atoms with E-state index in [-0.39, 0.29) is 11.8 Å². The zero-order valence-corrected chi connectivity index (χ0v) is 16.2. The van der Waals surface area contributed by atoms with Gasteiger partial charge in [-0.2, -0.15) is 0 Å². The Bertz CT molecular complexity index is 1030. The molecular formula is C21H23N3O4. The fourth-order valence-electron chi connectivity index (χ4n) is 3.47. The lowest BCUT2D eigenvalue weighted by atomic mass is 9.96. The lowest BCUT2D eigenvalue weighted by Gasteiger charge is -2.25. The maximum atomic E-state index is 12.7. The summed E-state index contributed by atoms with van der Waals surface area (Å²) in [6.45, 7) is 0.712. The van der Waals surface area contributed by atoms with Crippen LogP contribution in [0.2, 0.25) is 0 Å². The van der Waals surface area contributed by atoms with Crippen LogP contribution in [0.1, 0.15) is 11.4 Å². The largest absolute Gasteiger partial charge is 0.497 e. The molecule has 0 bridgehead atoms. The van der Waals surface area contributed by atoms with Crippen molar-refractivity contribution in [3.63, 3.8) is 0 Å². The number of nitrogens with zero attached hydrogens (tertiary/aromatic N) is 2. The number of hydrogen-bond donors (Lipinski definition) is 1. The second kappa shape index (κ2) is 7.42. The van der Waals surface area contributed by atoms with Gasteiger partial charge in [0.2, 0.25) is 5.91 Å². The molecule has 0 radical (unpaired) electrons. The number of benzene rings is 2. The molecule has 1 aliphatic heterocycles. The first-order valence-electron chi connectivity index (χ1n) is 9.16. The molecule has 146 valence electrons. The van der Waals surface area contributed by atoms with Crippen LogP contribution in [0.4, 0.5) is 0 Å². The fraction of sp³-hybridized carbons (Fsp3) is 0.333. The highest BCUT2D eigenvalue weighted by Gasteiger charge is 2.26. The number of imidazole rings is 1. The van der Waals surface area contributed by atoms with Gasteiger partial charge >= 0.3 is 0 Å².